The van der Waals surface area contributed by atoms with Gasteiger partial charge >= 0.3 is 0 Å². The van der Waals surface area contributed by atoms with Crippen LogP contribution in [-0.2, 0) is 47.5 Å². The van der Waals surface area contributed by atoms with Crippen LogP contribution >= 0.6 is 0 Å². The molecule has 0 bridgehead atoms. The minimum Gasteiger partial charge on any atom is -0.494 e. The molecular formula is C48H76N4O22. The molecule has 74 heavy (non-hydrogen) atoms. The van der Waals surface area contributed by atoms with Crippen LogP contribution in [0.15, 0.2) is 36.4 Å². The second-order valence-electron chi connectivity index (χ2n) is 18.7. The summed E-state index contributed by atoms with van der Waals surface area (Å²) in [4.78, 5) is 50.9. The maximum atomic E-state index is 13.8. The molecule has 14 N–H and O–H groups in total. The summed E-state index contributed by atoms with van der Waals surface area (Å²) in [5, 5.41) is 119. The van der Waals surface area contributed by atoms with Crippen LogP contribution in [-0.4, -0.2) is 230 Å². The Balaban J connectivity index is 1.32. The zero-order chi connectivity index (χ0) is 54.2. The summed E-state index contributed by atoms with van der Waals surface area (Å²) >= 11 is 0. The highest BCUT2D eigenvalue weighted by molar-refractivity contribution is 5.94. The van der Waals surface area contributed by atoms with E-state index in [4.69, 9.17) is 37.9 Å². The average molecular weight is 1060 g/mol. The van der Waals surface area contributed by atoms with Gasteiger partial charge in [-0.05, 0) is 43.9 Å². The Morgan fingerprint density at radius 1 is 0.541 bits per heavy atom. The third kappa shape index (κ3) is 16.0. The molecule has 4 amide bonds. The molecule has 5 rings (SSSR count). The first kappa shape index (κ1) is 60.8. The van der Waals surface area contributed by atoms with E-state index in [9.17, 15) is 70.2 Å². The highest BCUT2D eigenvalue weighted by atomic mass is 16.8. The molecule has 10 unspecified atom stereocenters. The Labute approximate surface area is 428 Å². The van der Waals surface area contributed by atoms with Gasteiger partial charge in [-0.25, -0.2) is 0 Å². The van der Waals surface area contributed by atoms with E-state index < -0.39 is 173 Å². The second-order valence-corrected chi connectivity index (χ2v) is 18.7. The van der Waals surface area contributed by atoms with E-state index in [-0.39, 0.29) is 5.56 Å². The SMILES string of the molecule is CCCCCCC=CCCCOc1cccc(C(=O)NC2[C@H](O[C@@H]3C(CO)O[C@@H](O[C@@H]4C(CO)O[C@@H](O[C@@H]5C(CO)O[C@@H](O)C(NC(C)=O)C5O)C(NC(C)=O)[C@H]4O)C(NC(C)=O)C3O)OC(CO)[C@@H](O)[C@@H]2O)c1. The number of aliphatic hydroxyl groups excluding tert-OH is 10. The number of carbonyl (C=O) groups is 4. The lowest BCUT2D eigenvalue weighted by Gasteiger charge is -2.51. The average Bonchev–Trinajstić information content (AvgIpc) is 3.36. The van der Waals surface area contributed by atoms with Crippen molar-refractivity contribution in [2.24, 2.45) is 0 Å². The fraction of sp³-hybridized carbons (Fsp3) is 0.750. The molecule has 0 radical (unpaired) electrons. The first-order valence-electron chi connectivity index (χ1n) is 25.0. The molecule has 420 valence electrons. The molecule has 26 heteroatoms. The minimum absolute atomic E-state index is 0.0817. The smallest absolute Gasteiger partial charge is 0.251 e. The number of nitrogens with one attached hydrogen (secondary N) is 4. The Hall–Kier alpha value is -4.04. The van der Waals surface area contributed by atoms with Crippen LogP contribution in [0, 0.1) is 0 Å². The summed E-state index contributed by atoms with van der Waals surface area (Å²) in [6, 6.07) is -0.191. The predicted molar refractivity (Wildman–Crippen MR) is 253 cm³/mol. The van der Waals surface area contributed by atoms with Crippen molar-refractivity contribution in [2.45, 2.75) is 195 Å². The van der Waals surface area contributed by atoms with Crippen molar-refractivity contribution in [3.8, 4) is 5.75 Å². The van der Waals surface area contributed by atoms with Gasteiger partial charge in [-0.3, -0.25) is 19.2 Å². The molecule has 0 saturated carbocycles. The number of rotatable bonds is 25. The van der Waals surface area contributed by atoms with Gasteiger partial charge in [-0.2, -0.15) is 0 Å². The number of unbranched alkanes of at least 4 members (excludes halogenated alkanes) is 5. The topological polar surface area (TPSA) is 393 Å². The molecule has 4 fully saturated rings. The van der Waals surface area contributed by atoms with Crippen LogP contribution in [0.25, 0.3) is 0 Å². The van der Waals surface area contributed by atoms with Crippen LogP contribution in [0.2, 0.25) is 0 Å². The minimum atomic E-state index is -1.94. The van der Waals surface area contributed by atoms with Gasteiger partial charge in [0.25, 0.3) is 5.91 Å². The van der Waals surface area contributed by atoms with Gasteiger partial charge in [0.2, 0.25) is 17.7 Å². The zero-order valence-corrected chi connectivity index (χ0v) is 41.9. The first-order valence-corrected chi connectivity index (χ1v) is 25.0. The number of hydrogen-bond donors (Lipinski definition) is 14. The van der Waals surface area contributed by atoms with E-state index in [1.807, 2.05) is 0 Å². The monoisotopic (exact) mass is 1060 g/mol. The Morgan fingerprint density at radius 2 is 0.986 bits per heavy atom. The lowest BCUT2D eigenvalue weighted by Crippen LogP contribution is -2.71. The quantitative estimate of drug-likeness (QED) is 0.0326. The Morgan fingerprint density at radius 3 is 1.47 bits per heavy atom. The fourth-order valence-electron chi connectivity index (χ4n) is 9.21. The van der Waals surface area contributed by atoms with E-state index in [1.54, 1.807) is 12.1 Å². The Bertz CT molecular complexity index is 1960. The molecule has 20 atom stereocenters. The molecular weight excluding hydrogens is 985 g/mol. The third-order valence-electron chi connectivity index (χ3n) is 13.0. The van der Waals surface area contributed by atoms with Crippen LogP contribution in [0.5, 0.6) is 5.75 Å². The van der Waals surface area contributed by atoms with Crippen molar-refractivity contribution >= 4 is 23.6 Å². The first-order chi connectivity index (χ1) is 35.4. The summed E-state index contributed by atoms with van der Waals surface area (Å²) in [7, 11) is 0. The van der Waals surface area contributed by atoms with Gasteiger partial charge in [-0.15, -0.1) is 0 Å². The summed E-state index contributed by atoms with van der Waals surface area (Å²) in [6.07, 6.45) is -16.1. The molecule has 26 nitrogen and oxygen atoms in total. The standard InChI is InChI=1S/C48H76N4O22/c1-5-6-7-8-9-10-11-12-13-17-67-27-16-14-15-26(18-27)44(65)52-33-37(61)36(60)28(19-53)69-46(33)73-42-30(21-55)71-48(35(39(42)63)51-25(4)59)74-43-31(22-56)70-47(34(40(43)64)50-24(3)58)72-41-29(20-54)68-45(66)32(38(41)62)49-23(2)57/h10-11,14-16,18,28-43,45-48,53-56,60-64,66H,5-9,12-13,17,19-22H2,1-4H3,(H,49,57)(H,50,58)(H,51,59)(H,52,65)/t28?,29?,30?,31?,32?,33?,34?,35?,36-,37-,38?,39?,40-,41-,42-,43-,45-,46+,47+,48+/m1/s1. The van der Waals surface area contributed by atoms with Crippen LogP contribution in [0.4, 0.5) is 0 Å². The summed E-state index contributed by atoms with van der Waals surface area (Å²) < 4.78 is 47.4. The Kier molecular flexibility index (Phi) is 24.2. The van der Waals surface area contributed by atoms with E-state index in [2.05, 4.69) is 40.3 Å². The summed E-state index contributed by atoms with van der Waals surface area (Å²) in [5.41, 5.74) is 0.0817. The molecule has 1 aromatic carbocycles. The van der Waals surface area contributed by atoms with Crippen molar-refractivity contribution in [2.75, 3.05) is 33.0 Å². The summed E-state index contributed by atoms with van der Waals surface area (Å²) in [5.74, 6) is -2.58. The normalized spacial score (nSPS) is 36.5. The number of hydrogen-bond acceptors (Lipinski definition) is 22. The van der Waals surface area contributed by atoms with Crippen LogP contribution < -0.4 is 26.0 Å². The van der Waals surface area contributed by atoms with Crippen LogP contribution in [0.1, 0.15) is 83.0 Å². The van der Waals surface area contributed by atoms with E-state index in [1.165, 1.54) is 31.4 Å². The maximum absolute atomic E-state index is 13.8. The second kappa shape index (κ2) is 29.5. The van der Waals surface area contributed by atoms with Crippen molar-refractivity contribution in [1.29, 1.82) is 0 Å². The van der Waals surface area contributed by atoms with Crippen LogP contribution in [0.3, 0.4) is 0 Å². The number of ether oxygens (including phenoxy) is 8. The van der Waals surface area contributed by atoms with Crippen molar-refractivity contribution in [1.82, 2.24) is 21.3 Å². The van der Waals surface area contributed by atoms with Gasteiger partial charge in [0.1, 0.15) is 103 Å². The summed E-state index contributed by atoms with van der Waals surface area (Å²) in [6.45, 7) is 2.23. The number of allylic oxidation sites excluding steroid dienone is 2. The highest BCUT2D eigenvalue weighted by Gasteiger charge is 2.56. The lowest BCUT2D eigenvalue weighted by atomic mass is 9.93. The van der Waals surface area contributed by atoms with Gasteiger partial charge in [0, 0.05) is 26.3 Å². The van der Waals surface area contributed by atoms with E-state index >= 15 is 0 Å². The van der Waals surface area contributed by atoms with Crippen molar-refractivity contribution in [3.05, 3.63) is 42.0 Å². The van der Waals surface area contributed by atoms with Gasteiger partial charge in [0.05, 0.1) is 33.0 Å². The number of benzene rings is 1. The number of amides is 4. The molecule has 0 aliphatic carbocycles. The third-order valence-corrected chi connectivity index (χ3v) is 13.0. The largest absolute Gasteiger partial charge is 0.494 e. The highest BCUT2D eigenvalue weighted by Crippen LogP contribution is 2.35. The molecule has 0 spiro atoms. The molecule has 1 aromatic rings. The molecule has 4 aliphatic rings. The number of carbonyl (C=O) groups excluding carboxylic acids is 4. The van der Waals surface area contributed by atoms with Gasteiger partial charge in [0.15, 0.2) is 25.2 Å². The molecule has 4 saturated heterocycles. The molecule has 4 aliphatic heterocycles. The fourth-order valence-corrected chi connectivity index (χ4v) is 9.21. The van der Waals surface area contributed by atoms with Gasteiger partial charge < -0.3 is 110 Å². The lowest BCUT2D eigenvalue weighted by molar-refractivity contribution is -0.361. The number of aliphatic hydroxyl groups is 10. The van der Waals surface area contributed by atoms with Crippen molar-refractivity contribution in [3.63, 3.8) is 0 Å². The maximum Gasteiger partial charge on any atom is 0.251 e. The molecule has 0 aromatic heterocycles. The van der Waals surface area contributed by atoms with Gasteiger partial charge in [-0.1, -0.05) is 44.4 Å². The van der Waals surface area contributed by atoms with Crippen molar-refractivity contribution < 1.29 is 108 Å². The predicted octanol–water partition coefficient (Wildman–Crippen LogP) is -4.19. The molecule has 4 heterocycles. The zero-order valence-electron chi connectivity index (χ0n) is 41.9. The van der Waals surface area contributed by atoms with E-state index in [0.717, 1.165) is 46.5 Å². The van der Waals surface area contributed by atoms with E-state index in [0.29, 0.717) is 12.4 Å².